The maximum Gasteiger partial charge on any atom is 0.335 e. The first-order valence-electron chi connectivity index (χ1n) is 7.94. The predicted molar refractivity (Wildman–Crippen MR) is 86.6 cm³/mol. The summed E-state index contributed by atoms with van der Waals surface area (Å²) in [4.78, 5) is 49.8. The van der Waals surface area contributed by atoms with Crippen LogP contribution in [-0.4, -0.2) is 46.1 Å². The molecule has 1 saturated heterocycles. The minimum absolute atomic E-state index is 0.00853. The Hall–Kier alpha value is -2.70. The van der Waals surface area contributed by atoms with Gasteiger partial charge in [0.1, 0.15) is 6.54 Å². The molecule has 0 aromatic heterocycles. The van der Waals surface area contributed by atoms with Crippen molar-refractivity contribution in [2.75, 3.05) is 6.54 Å². The van der Waals surface area contributed by atoms with Gasteiger partial charge in [0.25, 0.3) is 0 Å². The molecular weight excluding hydrogens is 310 g/mol. The van der Waals surface area contributed by atoms with Crippen molar-refractivity contribution in [3.05, 3.63) is 35.9 Å². The van der Waals surface area contributed by atoms with Gasteiger partial charge < -0.3 is 5.32 Å². The number of imide groups is 2. The molecule has 1 aromatic rings. The molecule has 1 aliphatic rings. The molecule has 128 valence electrons. The van der Waals surface area contributed by atoms with E-state index in [9.17, 15) is 19.2 Å². The zero-order valence-electron chi connectivity index (χ0n) is 13.8. The highest BCUT2D eigenvalue weighted by atomic mass is 16.2. The summed E-state index contributed by atoms with van der Waals surface area (Å²) in [6.07, 6.45) is 1.71. The summed E-state index contributed by atoms with van der Waals surface area (Å²) in [6.45, 7) is 3.41. The minimum atomic E-state index is -0.964. The summed E-state index contributed by atoms with van der Waals surface area (Å²) in [6, 6.07) is 8.08. The summed E-state index contributed by atoms with van der Waals surface area (Å²) in [5.41, 5.74) is 0.731. The molecule has 1 fully saturated rings. The van der Waals surface area contributed by atoms with Crippen LogP contribution in [0.2, 0.25) is 0 Å². The van der Waals surface area contributed by atoms with Crippen molar-refractivity contribution in [3.63, 3.8) is 0 Å². The third-order valence-corrected chi connectivity index (χ3v) is 3.75. The second-order valence-corrected chi connectivity index (χ2v) is 5.81. The van der Waals surface area contributed by atoms with Crippen LogP contribution in [-0.2, 0) is 20.9 Å². The molecule has 7 nitrogen and oxygen atoms in total. The van der Waals surface area contributed by atoms with Crippen molar-refractivity contribution in [1.82, 2.24) is 15.1 Å². The molecule has 7 heteroatoms. The fraction of sp³-hybridized carbons (Fsp3) is 0.412. The molecular formula is C17H21N3O4. The number of amides is 5. The number of nitrogens with zero attached hydrogens (tertiary/aromatic N) is 2. The first kappa shape index (κ1) is 17.7. The Morgan fingerprint density at radius 2 is 1.71 bits per heavy atom. The number of urea groups is 1. The monoisotopic (exact) mass is 331 g/mol. The summed E-state index contributed by atoms with van der Waals surface area (Å²) >= 11 is 0. The van der Waals surface area contributed by atoms with Gasteiger partial charge in [0.15, 0.2) is 0 Å². The molecule has 1 aliphatic heterocycles. The van der Waals surface area contributed by atoms with Gasteiger partial charge in [-0.25, -0.2) is 9.69 Å². The van der Waals surface area contributed by atoms with Crippen LogP contribution in [0.1, 0.15) is 32.3 Å². The molecule has 5 amide bonds. The van der Waals surface area contributed by atoms with E-state index in [1.807, 2.05) is 19.9 Å². The highest BCUT2D eigenvalue weighted by Crippen LogP contribution is 2.15. The predicted octanol–water partition coefficient (Wildman–Crippen LogP) is 1.28. The van der Waals surface area contributed by atoms with Crippen LogP contribution in [0.25, 0.3) is 0 Å². The van der Waals surface area contributed by atoms with E-state index in [0.717, 1.165) is 23.3 Å². The van der Waals surface area contributed by atoms with Crippen LogP contribution in [0.15, 0.2) is 30.3 Å². The molecule has 1 aromatic carbocycles. The van der Waals surface area contributed by atoms with Crippen LogP contribution in [0, 0.1) is 0 Å². The lowest BCUT2D eigenvalue weighted by atomic mass is 10.2. The van der Waals surface area contributed by atoms with Crippen LogP contribution in [0.3, 0.4) is 0 Å². The van der Waals surface area contributed by atoms with Crippen molar-refractivity contribution >= 4 is 23.8 Å². The molecule has 0 unspecified atom stereocenters. The zero-order chi connectivity index (χ0) is 17.7. The average Bonchev–Trinajstić information content (AvgIpc) is 2.74. The number of carbonyl (C=O) groups is 4. The van der Waals surface area contributed by atoms with E-state index in [-0.39, 0.29) is 12.6 Å². The lowest BCUT2D eigenvalue weighted by molar-refractivity contribution is -0.144. The lowest BCUT2D eigenvalue weighted by Crippen LogP contribution is -2.43. The lowest BCUT2D eigenvalue weighted by Gasteiger charge is -2.17. The van der Waals surface area contributed by atoms with Crippen molar-refractivity contribution in [2.24, 2.45) is 0 Å². The van der Waals surface area contributed by atoms with E-state index >= 15 is 0 Å². The second kappa shape index (κ2) is 7.72. The number of hydrogen-bond acceptors (Lipinski definition) is 4. The molecule has 1 atom stereocenters. The summed E-state index contributed by atoms with van der Waals surface area (Å²) < 4.78 is 0. The van der Waals surface area contributed by atoms with Crippen LogP contribution in [0.4, 0.5) is 4.79 Å². The molecule has 0 saturated carbocycles. The normalized spacial score (nSPS) is 15.8. The van der Waals surface area contributed by atoms with E-state index in [4.69, 9.17) is 0 Å². The number of benzene rings is 1. The molecule has 0 aliphatic carbocycles. The topological polar surface area (TPSA) is 86.8 Å². The van der Waals surface area contributed by atoms with Gasteiger partial charge in [0, 0.05) is 6.04 Å². The molecule has 1 heterocycles. The number of nitrogens with one attached hydrogen (secondary N) is 1. The largest absolute Gasteiger partial charge is 0.352 e. The van der Waals surface area contributed by atoms with Crippen LogP contribution in [0.5, 0.6) is 0 Å². The van der Waals surface area contributed by atoms with Gasteiger partial charge in [0.05, 0.1) is 6.54 Å². The summed E-state index contributed by atoms with van der Waals surface area (Å²) in [5.74, 6) is -2.32. The second-order valence-electron chi connectivity index (χ2n) is 5.81. The summed E-state index contributed by atoms with van der Waals surface area (Å²) in [5, 5.41) is 2.71. The fourth-order valence-electron chi connectivity index (χ4n) is 2.56. The Balaban J connectivity index is 2.02. The van der Waals surface area contributed by atoms with Gasteiger partial charge in [0.2, 0.25) is 5.91 Å². The molecule has 0 spiro atoms. The standard InChI is InChI=1S/C17H21N3O4/c1-3-7-12(2)18-14(21)11-20-16(23)15(22)19(17(20)24)10-13-8-5-4-6-9-13/h4-6,8-9,12H,3,7,10-11H2,1-2H3,(H,18,21)/t12-/m1/s1. The Morgan fingerprint density at radius 1 is 1.08 bits per heavy atom. The van der Waals surface area contributed by atoms with Gasteiger partial charge in [-0.1, -0.05) is 43.7 Å². The van der Waals surface area contributed by atoms with E-state index in [2.05, 4.69) is 5.32 Å². The van der Waals surface area contributed by atoms with Crippen molar-refractivity contribution in [1.29, 1.82) is 0 Å². The van der Waals surface area contributed by atoms with Crippen LogP contribution >= 0.6 is 0 Å². The molecule has 24 heavy (non-hydrogen) atoms. The van der Waals surface area contributed by atoms with Crippen molar-refractivity contribution < 1.29 is 19.2 Å². The van der Waals surface area contributed by atoms with Crippen LogP contribution < -0.4 is 5.32 Å². The first-order chi connectivity index (χ1) is 11.4. The Morgan fingerprint density at radius 3 is 2.33 bits per heavy atom. The Labute approximate surface area is 140 Å². The maximum atomic E-state index is 12.3. The van der Waals surface area contributed by atoms with Gasteiger partial charge >= 0.3 is 17.8 Å². The Bertz CT molecular complexity index is 644. The number of hydrogen-bond donors (Lipinski definition) is 1. The van der Waals surface area contributed by atoms with Crippen molar-refractivity contribution in [3.8, 4) is 0 Å². The average molecular weight is 331 g/mol. The maximum absolute atomic E-state index is 12.3. The van der Waals surface area contributed by atoms with E-state index in [1.165, 1.54) is 0 Å². The van der Waals surface area contributed by atoms with Crippen molar-refractivity contribution in [2.45, 2.75) is 39.3 Å². The number of rotatable bonds is 7. The fourth-order valence-corrected chi connectivity index (χ4v) is 2.56. The van der Waals surface area contributed by atoms with Gasteiger partial charge in [-0.2, -0.15) is 0 Å². The minimum Gasteiger partial charge on any atom is -0.352 e. The first-order valence-corrected chi connectivity index (χ1v) is 7.94. The smallest absolute Gasteiger partial charge is 0.335 e. The Kier molecular flexibility index (Phi) is 5.68. The molecule has 0 bridgehead atoms. The zero-order valence-corrected chi connectivity index (χ0v) is 13.8. The van der Waals surface area contributed by atoms with E-state index in [1.54, 1.807) is 24.3 Å². The molecule has 1 N–H and O–H groups in total. The highest BCUT2D eigenvalue weighted by molar-refractivity contribution is 6.44. The van der Waals surface area contributed by atoms with Gasteiger partial charge in [-0.15, -0.1) is 0 Å². The molecule has 0 radical (unpaired) electrons. The van der Waals surface area contributed by atoms with Gasteiger partial charge in [-0.3, -0.25) is 19.3 Å². The quantitative estimate of drug-likeness (QED) is 0.602. The SMILES string of the molecule is CCC[C@@H](C)NC(=O)CN1C(=O)C(=O)N(Cc2ccccc2)C1=O. The van der Waals surface area contributed by atoms with Gasteiger partial charge in [-0.05, 0) is 18.9 Å². The summed E-state index contributed by atoms with van der Waals surface area (Å²) in [7, 11) is 0. The highest BCUT2D eigenvalue weighted by Gasteiger charge is 2.45. The third-order valence-electron chi connectivity index (χ3n) is 3.75. The van der Waals surface area contributed by atoms with E-state index < -0.39 is 30.3 Å². The van der Waals surface area contributed by atoms with E-state index in [0.29, 0.717) is 4.90 Å². The number of carbonyl (C=O) groups excluding carboxylic acids is 4. The molecule has 2 rings (SSSR count). The third kappa shape index (κ3) is 3.98.